The van der Waals surface area contributed by atoms with Crippen LogP contribution in [-0.2, 0) is 4.79 Å². The number of aliphatic carboxylic acids is 1. The molecule has 1 N–H and O–H groups in total. The molecule has 7 nitrogen and oxygen atoms in total. The van der Waals surface area contributed by atoms with Crippen LogP contribution >= 0.6 is 11.6 Å². The van der Waals surface area contributed by atoms with E-state index < -0.39 is 12.0 Å². The molecule has 2 aromatic carbocycles. The lowest BCUT2D eigenvalue weighted by Crippen LogP contribution is -2.40. The number of hydrogen-bond acceptors (Lipinski definition) is 5. The minimum Gasteiger partial charge on any atom is -0.480 e. The van der Waals surface area contributed by atoms with Gasteiger partial charge in [0.25, 0.3) is 5.91 Å². The molecule has 1 aliphatic heterocycles. The Labute approximate surface area is 184 Å². The Balaban J connectivity index is 1.86. The predicted octanol–water partition coefficient (Wildman–Crippen LogP) is 4.16. The number of hydrogen-bond donors (Lipinski definition) is 1. The van der Waals surface area contributed by atoms with Crippen molar-refractivity contribution in [2.45, 2.75) is 18.9 Å². The maximum absolute atomic E-state index is 13.2. The van der Waals surface area contributed by atoms with Gasteiger partial charge in [0.1, 0.15) is 11.7 Å². The molecule has 1 unspecified atom stereocenters. The number of rotatable bonds is 5. The van der Waals surface area contributed by atoms with Gasteiger partial charge in [-0.2, -0.15) is 0 Å². The van der Waals surface area contributed by atoms with Crippen LogP contribution in [-0.4, -0.2) is 51.5 Å². The van der Waals surface area contributed by atoms with Gasteiger partial charge < -0.3 is 14.7 Å². The Morgan fingerprint density at radius 2 is 1.87 bits per heavy atom. The Hall–Kier alpha value is -3.45. The molecule has 4 rings (SSSR count). The number of methoxy groups -OCH3 is 1. The Kier molecular flexibility index (Phi) is 5.86. The van der Waals surface area contributed by atoms with E-state index in [-0.39, 0.29) is 5.91 Å². The zero-order valence-corrected chi connectivity index (χ0v) is 17.5. The van der Waals surface area contributed by atoms with E-state index >= 15 is 0 Å². The van der Waals surface area contributed by atoms with Crippen LogP contribution in [0.3, 0.4) is 0 Å². The molecule has 1 aromatic heterocycles. The zero-order chi connectivity index (χ0) is 22.0. The maximum Gasteiger partial charge on any atom is 0.326 e. The van der Waals surface area contributed by atoms with Crippen molar-refractivity contribution in [3.63, 3.8) is 0 Å². The van der Waals surface area contributed by atoms with Crippen LogP contribution < -0.4 is 4.74 Å². The quantitative estimate of drug-likeness (QED) is 0.644. The summed E-state index contributed by atoms with van der Waals surface area (Å²) in [6.45, 7) is 0.414. The Bertz CT molecular complexity index is 1150. The highest BCUT2D eigenvalue weighted by molar-refractivity contribution is 6.33. The summed E-state index contributed by atoms with van der Waals surface area (Å²) < 4.78 is 5.37. The lowest BCUT2D eigenvalue weighted by molar-refractivity contribution is -0.141. The summed E-state index contributed by atoms with van der Waals surface area (Å²) in [6, 6.07) is 11.7. The fourth-order valence-electron chi connectivity index (χ4n) is 3.88. The molecule has 1 atom stereocenters. The third kappa shape index (κ3) is 3.96. The molecule has 1 amide bonds. The minimum atomic E-state index is -0.988. The van der Waals surface area contributed by atoms with Crippen LogP contribution in [0.25, 0.3) is 22.4 Å². The van der Waals surface area contributed by atoms with Crippen molar-refractivity contribution in [3.8, 4) is 28.3 Å². The molecule has 0 aliphatic carbocycles. The molecular weight excluding hydrogens is 418 g/mol. The molecule has 1 saturated heterocycles. The monoisotopic (exact) mass is 437 g/mol. The summed E-state index contributed by atoms with van der Waals surface area (Å²) in [5, 5.41) is 9.97. The second kappa shape index (κ2) is 8.73. The van der Waals surface area contributed by atoms with Crippen LogP contribution in [0, 0.1) is 0 Å². The number of likely N-dealkylation sites (tertiary alicyclic amines) is 1. The van der Waals surface area contributed by atoms with Gasteiger partial charge in [0.2, 0.25) is 5.88 Å². The van der Waals surface area contributed by atoms with Crippen molar-refractivity contribution in [3.05, 3.63) is 65.4 Å². The highest BCUT2D eigenvalue weighted by Crippen LogP contribution is 2.38. The summed E-state index contributed by atoms with van der Waals surface area (Å²) in [6.07, 6.45) is 4.21. The molecule has 31 heavy (non-hydrogen) atoms. The molecule has 1 aliphatic rings. The summed E-state index contributed by atoms with van der Waals surface area (Å²) in [7, 11) is 1.51. The molecule has 8 heteroatoms. The first-order valence-electron chi connectivity index (χ1n) is 9.79. The summed E-state index contributed by atoms with van der Waals surface area (Å²) >= 11 is 6.48. The highest BCUT2D eigenvalue weighted by atomic mass is 35.5. The fourth-order valence-corrected chi connectivity index (χ4v) is 4.12. The first-order chi connectivity index (χ1) is 15.0. The molecular formula is C23H20ClN3O4. The van der Waals surface area contributed by atoms with Crippen molar-refractivity contribution in [2.75, 3.05) is 13.7 Å². The number of benzene rings is 2. The zero-order valence-electron chi connectivity index (χ0n) is 16.8. The van der Waals surface area contributed by atoms with E-state index in [1.54, 1.807) is 30.5 Å². The number of carboxylic acid groups (broad SMARTS) is 1. The van der Waals surface area contributed by atoms with E-state index in [0.717, 1.165) is 5.56 Å². The van der Waals surface area contributed by atoms with Crippen molar-refractivity contribution in [1.29, 1.82) is 0 Å². The molecule has 0 saturated carbocycles. The predicted molar refractivity (Wildman–Crippen MR) is 116 cm³/mol. The van der Waals surface area contributed by atoms with E-state index in [1.165, 1.54) is 18.2 Å². The lowest BCUT2D eigenvalue weighted by Gasteiger charge is -2.22. The molecule has 2 heterocycles. The van der Waals surface area contributed by atoms with Crippen molar-refractivity contribution in [1.82, 2.24) is 14.9 Å². The smallest absolute Gasteiger partial charge is 0.326 e. The van der Waals surface area contributed by atoms with Gasteiger partial charge in [-0.15, -0.1) is 0 Å². The molecule has 0 spiro atoms. The molecule has 3 aromatic rings. The third-order valence-corrected chi connectivity index (χ3v) is 5.67. The number of carbonyl (C=O) groups excluding carboxylic acids is 1. The van der Waals surface area contributed by atoms with Crippen molar-refractivity contribution in [2.24, 2.45) is 0 Å². The van der Waals surface area contributed by atoms with Gasteiger partial charge in [-0.05, 0) is 36.6 Å². The van der Waals surface area contributed by atoms with E-state index in [2.05, 4.69) is 9.97 Å². The average Bonchev–Trinajstić information content (AvgIpc) is 3.29. The normalized spacial score (nSPS) is 15.7. The molecule has 0 bridgehead atoms. The van der Waals surface area contributed by atoms with Crippen LogP contribution in [0.4, 0.5) is 0 Å². The summed E-state index contributed by atoms with van der Waals surface area (Å²) in [4.78, 5) is 34.8. The average molecular weight is 438 g/mol. The number of halogens is 1. The van der Waals surface area contributed by atoms with E-state index in [1.807, 2.05) is 18.2 Å². The minimum absolute atomic E-state index is 0.323. The van der Waals surface area contributed by atoms with Gasteiger partial charge in [0.15, 0.2) is 0 Å². The fraction of sp³-hybridized carbons (Fsp3) is 0.217. The van der Waals surface area contributed by atoms with E-state index in [4.69, 9.17) is 16.3 Å². The van der Waals surface area contributed by atoms with Crippen molar-refractivity contribution < 1.29 is 19.4 Å². The van der Waals surface area contributed by atoms with Gasteiger partial charge in [-0.1, -0.05) is 35.9 Å². The van der Waals surface area contributed by atoms with Gasteiger partial charge in [-0.25, -0.2) is 14.8 Å². The van der Waals surface area contributed by atoms with Crippen LogP contribution in [0.2, 0.25) is 5.02 Å². The maximum atomic E-state index is 13.2. The standard InChI is InChI=1S/C23H20ClN3O4/c1-31-21-20(25-10-11-26-21)16-9-8-14(13-17(16)15-5-2-3-6-18(15)24)22(28)27-12-4-7-19(27)23(29)30/h2-3,5-6,8-11,13,19H,4,7,12H2,1H3,(H,29,30). The van der Waals surface area contributed by atoms with Crippen LogP contribution in [0.5, 0.6) is 5.88 Å². The van der Waals surface area contributed by atoms with Crippen LogP contribution in [0.1, 0.15) is 23.2 Å². The topological polar surface area (TPSA) is 92.6 Å². The van der Waals surface area contributed by atoms with E-state index in [0.29, 0.717) is 52.7 Å². The van der Waals surface area contributed by atoms with Crippen molar-refractivity contribution >= 4 is 23.5 Å². The lowest BCUT2D eigenvalue weighted by atomic mass is 9.94. The molecule has 1 fully saturated rings. The highest BCUT2D eigenvalue weighted by Gasteiger charge is 2.34. The Morgan fingerprint density at radius 1 is 1.10 bits per heavy atom. The number of amides is 1. The first-order valence-corrected chi connectivity index (χ1v) is 10.2. The number of carbonyl (C=O) groups is 2. The first kappa shape index (κ1) is 20.8. The number of nitrogens with zero attached hydrogens (tertiary/aromatic N) is 3. The van der Waals surface area contributed by atoms with Crippen LogP contribution in [0.15, 0.2) is 54.9 Å². The number of carboxylic acids is 1. The second-order valence-corrected chi connectivity index (χ2v) is 7.56. The van der Waals surface area contributed by atoms with Gasteiger partial charge >= 0.3 is 5.97 Å². The third-order valence-electron chi connectivity index (χ3n) is 5.34. The van der Waals surface area contributed by atoms with Gasteiger partial charge in [0.05, 0.1) is 7.11 Å². The molecule has 158 valence electrons. The number of aromatic nitrogens is 2. The van der Waals surface area contributed by atoms with Gasteiger partial charge in [0, 0.05) is 40.7 Å². The van der Waals surface area contributed by atoms with E-state index in [9.17, 15) is 14.7 Å². The molecule has 0 radical (unpaired) electrons. The summed E-state index contributed by atoms with van der Waals surface area (Å²) in [5.41, 5.74) is 3.00. The largest absolute Gasteiger partial charge is 0.480 e. The SMILES string of the molecule is COc1nccnc1-c1ccc(C(=O)N2CCCC2C(=O)O)cc1-c1ccccc1Cl. The number of ether oxygens (including phenoxy) is 1. The summed E-state index contributed by atoms with van der Waals surface area (Å²) in [5.74, 6) is -0.964. The van der Waals surface area contributed by atoms with Gasteiger partial charge in [-0.3, -0.25) is 4.79 Å². The second-order valence-electron chi connectivity index (χ2n) is 7.15. The Morgan fingerprint density at radius 3 is 2.61 bits per heavy atom.